The summed E-state index contributed by atoms with van der Waals surface area (Å²) in [4.78, 5) is 28.1. The van der Waals surface area contributed by atoms with Crippen molar-refractivity contribution in [3.05, 3.63) is 29.6 Å². The highest BCUT2D eigenvalue weighted by Gasteiger charge is 2.32. The number of hydrogen-bond donors (Lipinski definition) is 1. The molecule has 2 amide bonds. The number of nitrogens with zero attached hydrogens (tertiary/aromatic N) is 2. The second kappa shape index (κ2) is 5.15. The van der Waals surface area contributed by atoms with Gasteiger partial charge in [0.25, 0.3) is 0 Å². The Kier molecular flexibility index (Phi) is 3.45. The summed E-state index contributed by atoms with van der Waals surface area (Å²) >= 11 is 6.25. The number of alkyl halides is 1. The predicted octanol–water partition coefficient (Wildman–Crippen LogP) is 2.62. The summed E-state index contributed by atoms with van der Waals surface area (Å²) in [6.07, 6.45) is 0.804. The number of imidazole rings is 1. The minimum atomic E-state index is -0.439. The Bertz CT molecular complexity index is 736. The van der Waals surface area contributed by atoms with Gasteiger partial charge in [0.05, 0.1) is 16.4 Å². The quantitative estimate of drug-likeness (QED) is 0.685. The van der Waals surface area contributed by atoms with Crippen molar-refractivity contribution < 1.29 is 9.59 Å². The molecule has 1 aliphatic rings. The number of para-hydroxylation sites is 1. The molecule has 5 nitrogen and oxygen atoms in total. The Morgan fingerprint density at radius 1 is 1.43 bits per heavy atom. The highest BCUT2D eigenvalue weighted by Crippen LogP contribution is 2.32. The molecule has 1 N–H and O–H groups in total. The summed E-state index contributed by atoms with van der Waals surface area (Å²) in [7, 11) is 0. The van der Waals surface area contributed by atoms with Crippen LogP contribution in [0, 0.1) is 6.92 Å². The number of nitrogens with one attached hydrogen (secondary N) is 1. The van der Waals surface area contributed by atoms with Gasteiger partial charge in [0.15, 0.2) is 0 Å². The number of carbonyl (C=O) groups is 2. The van der Waals surface area contributed by atoms with Crippen LogP contribution in [0.15, 0.2) is 18.2 Å². The molecule has 2 atom stereocenters. The third-order valence-electron chi connectivity index (χ3n) is 3.83. The molecule has 2 aromatic rings. The van der Waals surface area contributed by atoms with Crippen molar-refractivity contribution in [2.45, 2.75) is 38.1 Å². The van der Waals surface area contributed by atoms with E-state index in [0.29, 0.717) is 18.7 Å². The lowest BCUT2D eigenvalue weighted by Gasteiger charge is -2.24. The summed E-state index contributed by atoms with van der Waals surface area (Å²) in [5.74, 6) is 0.151. The van der Waals surface area contributed by atoms with Crippen LogP contribution in [-0.2, 0) is 9.59 Å². The number of carbonyl (C=O) groups excluding carboxylic acids is 2. The van der Waals surface area contributed by atoms with Gasteiger partial charge >= 0.3 is 0 Å². The van der Waals surface area contributed by atoms with Gasteiger partial charge in [0, 0.05) is 6.42 Å². The van der Waals surface area contributed by atoms with Crippen LogP contribution in [0.2, 0.25) is 0 Å². The number of aromatic nitrogens is 2. The van der Waals surface area contributed by atoms with Crippen LogP contribution in [0.1, 0.15) is 42.6 Å². The van der Waals surface area contributed by atoms with Crippen LogP contribution in [0.4, 0.5) is 0 Å². The molecule has 2 unspecified atom stereocenters. The molecule has 0 radical (unpaired) electrons. The number of rotatable bonds is 2. The van der Waals surface area contributed by atoms with E-state index in [1.54, 1.807) is 0 Å². The van der Waals surface area contributed by atoms with Crippen molar-refractivity contribution in [2.24, 2.45) is 0 Å². The average molecular weight is 306 g/mol. The van der Waals surface area contributed by atoms with Crippen LogP contribution in [-0.4, -0.2) is 21.4 Å². The van der Waals surface area contributed by atoms with E-state index in [2.05, 4.69) is 10.3 Å². The van der Waals surface area contributed by atoms with Gasteiger partial charge in [-0.3, -0.25) is 14.9 Å². The number of fused-ring (bicyclic) bond motifs is 1. The SMILES string of the molecule is Cc1cccc2c1nc(C(C)Cl)n2C1CCC(=O)NC1=O. The van der Waals surface area contributed by atoms with Crippen LogP contribution in [0.3, 0.4) is 0 Å². The van der Waals surface area contributed by atoms with Gasteiger partial charge in [-0.05, 0) is 31.9 Å². The first-order chi connectivity index (χ1) is 9.99. The number of imide groups is 1. The zero-order chi connectivity index (χ0) is 15.1. The van der Waals surface area contributed by atoms with Gasteiger partial charge < -0.3 is 4.57 Å². The number of amides is 2. The molecule has 0 aliphatic carbocycles. The smallest absolute Gasteiger partial charge is 0.249 e. The molecule has 2 heterocycles. The molecular weight excluding hydrogens is 290 g/mol. The van der Waals surface area contributed by atoms with Crippen LogP contribution >= 0.6 is 11.6 Å². The van der Waals surface area contributed by atoms with E-state index in [9.17, 15) is 9.59 Å². The Morgan fingerprint density at radius 3 is 2.86 bits per heavy atom. The van der Waals surface area contributed by atoms with Gasteiger partial charge in [0.1, 0.15) is 11.9 Å². The predicted molar refractivity (Wildman–Crippen MR) is 80.2 cm³/mol. The third kappa shape index (κ3) is 2.31. The molecule has 21 heavy (non-hydrogen) atoms. The van der Waals surface area contributed by atoms with E-state index in [1.807, 2.05) is 36.6 Å². The van der Waals surface area contributed by atoms with Gasteiger partial charge in [-0.25, -0.2) is 4.98 Å². The maximum Gasteiger partial charge on any atom is 0.249 e. The molecule has 1 aliphatic heterocycles. The highest BCUT2D eigenvalue weighted by molar-refractivity contribution is 6.20. The molecule has 6 heteroatoms. The van der Waals surface area contributed by atoms with Crippen molar-refractivity contribution in [2.75, 3.05) is 0 Å². The number of piperidine rings is 1. The van der Waals surface area contributed by atoms with Gasteiger partial charge in [0.2, 0.25) is 11.8 Å². The average Bonchev–Trinajstić information content (AvgIpc) is 2.80. The van der Waals surface area contributed by atoms with Crippen molar-refractivity contribution in [1.82, 2.24) is 14.9 Å². The van der Waals surface area contributed by atoms with E-state index in [1.165, 1.54) is 0 Å². The first-order valence-electron chi connectivity index (χ1n) is 6.94. The first-order valence-corrected chi connectivity index (χ1v) is 7.38. The van der Waals surface area contributed by atoms with Crippen molar-refractivity contribution in [3.8, 4) is 0 Å². The van der Waals surface area contributed by atoms with Crippen LogP contribution < -0.4 is 5.32 Å². The summed E-state index contributed by atoms with van der Waals surface area (Å²) < 4.78 is 1.88. The fraction of sp³-hybridized carbons (Fsp3) is 0.400. The molecule has 1 fully saturated rings. The molecule has 0 bridgehead atoms. The number of aryl methyl sites for hydroxylation is 1. The Labute approximate surface area is 127 Å². The van der Waals surface area contributed by atoms with Gasteiger partial charge in [-0.15, -0.1) is 11.6 Å². The maximum atomic E-state index is 12.2. The monoisotopic (exact) mass is 305 g/mol. The summed E-state index contributed by atoms with van der Waals surface area (Å²) in [6, 6.07) is 5.41. The van der Waals surface area contributed by atoms with E-state index >= 15 is 0 Å². The molecule has 0 spiro atoms. The largest absolute Gasteiger partial charge is 0.314 e. The molecule has 1 aromatic carbocycles. The molecule has 1 aromatic heterocycles. The number of hydrogen-bond acceptors (Lipinski definition) is 3. The summed E-state index contributed by atoms with van der Waals surface area (Å²) in [5, 5.41) is 2.08. The van der Waals surface area contributed by atoms with Crippen molar-refractivity contribution in [1.29, 1.82) is 0 Å². The van der Waals surface area contributed by atoms with Crippen LogP contribution in [0.5, 0.6) is 0 Å². The van der Waals surface area contributed by atoms with E-state index < -0.39 is 6.04 Å². The molecule has 110 valence electrons. The normalized spacial score (nSPS) is 20.6. The summed E-state index contributed by atoms with van der Waals surface area (Å²) in [6.45, 7) is 3.81. The molecular formula is C15H16ClN3O2. The highest BCUT2D eigenvalue weighted by atomic mass is 35.5. The van der Waals surface area contributed by atoms with E-state index in [-0.39, 0.29) is 17.2 Å². The molecule has 1 saturated heterocycles. The lowest BCUT2D eigenvalue weighted by atomic mass is 10.1. The van der Waals surface area contributed by atoms with Crippen molar-refractivity contribution >= 4 is 34.4 Å². The topological polar surface area (TPSA) is 64.0 Å². The minimum Gasteiger partial charge on any atom is -0.314 e. The third-order valence-corrected chi connectivity index (χ3v) is 4.02. The van der Waals surface area contributed by atoms with Gasteiger partial charge in [-0.2, -0.15) is 0 Å². The zero-order valence-corrected chi connectivity index (χ0v) is 12.6. The molecule has 3 rings (SSSR count). The number of halogens is 1. The number of benzene rings is 1. The fourth-order valence-electron chi connectivity index (χ4n) is 2.81. The second-order valence-electron chi connectivity index (χ2n) is 5.37. The minimum absolute atomic E-state index is 0.225. The Balaban J connectivity index is 2.20. The lowest BCUT2D eigenvalue weighted by Crippen LogP contribution is -2.42. The van der Waals surface area contributed by atoms with Crippen molar-refractivity contribution in [3.63, 3.8) is 0 Å². The molecule has 0 saturated carbocycles. The first kappa shape index (κ1) is 14.1. The standard InChI is InChI=1S/C15H16ClN3O2/c1-8-4-3-5-10-13(8)18-14(9(2)16)19(10)11-6-7-12(20)17-15(11)21/h3-5,9,11H,6-7H2,1-2H3,(H,17,20,21). The second-order valence-corrected chi connectivity index (χ2v) is 6.02. The van der Waals surface area contributed by atoms with E-state index in [0.717, 1.165) is 16.6 Å². The van der Waals surface area contributed by atoms with Gasteiger partial charge in [-0.1, -0.05) is 12.1 Å². The Hall–Kier alpha value is -1.88. The van der Waals surface area contributed by atoms with E-state index in [4.69, 9.17) is 11.6 Å². The summed E-state index contributed by atoms with van der Waals surface area (Å²) in [5.41, 5.74) is 2.77. The zero-order valence-electron chi connectivity index (χ0n) is 11.9. The maximum absolute atomic E-state index is 12.2. The Morgan fingerprint density at radius 2 is 2.19 bits per heavy atom. The fourth-order valence-corrected chi connectivity index (χ4v) is 2.97. The van der Waals surface area contributed by atoms with Crippen LogP contribution in [0.25, 0.3) is 11.0 Å². The lowest BCUT2D eigenvalue weighted by molar-refractivity contribution is -0.135.